The molecule has 2 amide bonds. The van der Waals surface area contributed by atoms with E-state index in [2.05, 4.69) is 10.3 Å². The molecule has 0 saturated heterocycles. The normalized spacial score (nSPS) is 12.4. The number of aromatic nitrogens is 1. The number of carbonyl (C=O) groups is 2. The van der Waals surface area contributed by atoms with Gasteiger partial charge in [-0.1, -0.05) is 30.3 Å². The van der Waals surface area contributed by atoms with Crippen molar-refractivity contribution in [2.75, 3.05) is 0 Å². The largest absolute Gasteiger partial charge is 0.467 e. The molecule has 0 unspecified atom stereocenters. The predicted octanol–water partition coefficient (Wildman–Crippen LogP) is 4.65. The molecule has 2 aromatic heterocycles. The summed E-state index contributed by atoms with van der Waals surface area (Å²) in [5, 5.41) is 3.84. The molecule has 0 bridgehead atoms. The van der Waals surface area contributed by atoms with Crippen molar-refractivity contribution in [1.29, 1.82) is 0 Å². The van der Waals surface area contributed by atoms with Gasteiger partial charge in [0, 0.05) is 5.54 Å². The molecule has 0 aliphatic heterocycles. The maximum atomic E-state index is 13.7. The number of rotatable bonds is 6. The van der Waals surface area contributed by atoms with E-state index in [9.17, 15) is 9.59 Å². The topological polar surface area (TPSA) is 75.4 Å². The summed E-state index contributed by atoms with van der Waals surface area (Å²) in [6.07, 6.45) is 1.56. The second-order valence-corrected chi connectivity index (χ2v) is 9.42. The average molecular weight is 426 g/mol. The highest BCUT2D eigenvalue weighted by atomic mass is 32.1. The SMILES string of the molecule is Cc1nc(C)c(C(=O)N(Cc2ccco2)[C@H](C(=O)NC(C)(C)C)c2ccccc2)s1. The fourth-order valence-corrected chi connectivity index (χ4v) is 4.13. The van der Waals surface area contributed by atoms with Crippen molar-refractivity contribution in [2.45, 2.75) is 52.7 Å². The zero-order valence-corrected chi connectivity index (χ0v) is 18.7. The molecule has 0 aliphatic rings. The maximum absolute atomic E-state index is 13.7. The van der Waals surface area contributed by atoms with Gasteiger partial charge in [0.25, 0.3) is 5.91 Å². The Balaban J connectivity index is 2.09. The Morgan fingerprint density at radius 1 is 1.13 bits per heavy atom. The average Bonchev–Trinajstić information content (AvgIpc) is 3.29. The molecule has 1 N–H and O–H groups in total. The van der Waals surface area contributed by atoms with Crippen molar-refractivity contribution in [3.05, 3.63) is 75.6 Å². The number of aryl methyl sites for hydroxylation is 2. The van der Waals surface area contributed by atoms with Crippen LogP contribution in [-0.4, -0.2) is 27.2 Å². The smallest absolute Gasteiger partial charge is 0.267 e. The molecule has 0 aliphatic carbocycles. The van der Waals surface area contributed by atoms with E-state index in [1.165, 1.54) is 11.3 Å². The zero-order chi connectivity index (χ0) is 21.9. The van der Waals surface area contributed by atoms with Gasteiger partial charge in [-0.25, -0.2) is 4.98 Å². The van der Waals surface area contributed by atoms with Crippen LogP contribution in [0.25, 0.3) is 0 Å². The Morgan fingerprint density at radius 2 is 1.83 bits per heavy atom. The highest BCUT2D eigenvalue weighted by Crippen LogP contribution is 2.29. The first kappa shape index (κ1) is 21.8. The number of nitrogens with zero attached hydrogens (tertiary/aromatic N) is 2. The molecule has 30 heavy (non-hydrogen) atoms. The van der Waals surface area contributed by atoms with Gasteiger partial charge in [0.05, 0.1) is 23.5 Å². The molecule has 7 heteroatoms. The number of amides is 2. The van der Waals surface area contributed by atoms with E-state index >= 15 is 0 Å². The summed E-state index contributed by atoms with van der Waals surface area (Å²) in [5.74, 6) is 0.117. The van der Waals surface area contributed by atoms with Gasteiger partial charge >= 0.3 is 0 Å². The van der Waals surface area contributed by atoms with E-state index in [1.54, 1.807) is 23.3 Å². The van der Waals surface area contributed by atoms with Gasteiger partial charge in [0.1, 0.15) is 16.7 Å². The van der Waals surface area contributed by atoms with E-state index in [0.717, 1.165) is 10.6 Å². The number of hydrogen-bond acceptors (Lipinski definition) is 5. The number of nitrogens with one attached hydrogen (secondary N) is 1. The predicted molar refractivity (Wildman–Crippen MR) is 117 cm³/mol. The van der Waals surface area contributed by atoms with Crippen molar-refractivity contribution >= 4 is 23.2 Å². The Morgan fingerprint density at radius 3 is 2.37 bits per heavy atom. The standard InChI is InChI=1S/C23H27N3O3S/c1-15-20(30-16(2)24-15)22(28)26(14-18-12-9-13-29-18)19(17-10-7-6-8-11-17)21(27)25-23(3,4)5/h6-13,19H,14H2,1-5H3,(H,25,27)/t19-/m0/s1. The third-order valence-electron chi connectivity index (χ3n) is 4.44. The van der Waals surface area contributed by atoms with Gasteiger partial charge in [-0.15, -0.1) is 11.3 Å². The molecule has 1 aromatic carbocycles. The van der Waals surface area contributed by atoms with Crippen LogP contribution < -0.4 is 5.32 Å². The number of thiazole rings is 1. The van der Waals surface area contributed by atoms with Crippen LogP contribution >= 0.6 is 11.3 Å². The highest BCUT2D eigenvalue weighted by molar-refractivity contribution is 7.13. The second kappa shape index (κ2) is 8.83. The first-order valence-corrected chi connectivity index (χ1v) is 10.6. The Labute approximate surface area is 180 Å². The molecular formula is C23H27N3O3S. The lowest BCUT2D eigenvalue weighted by Crippen LogP contribution is -2.49. The van der Waals surface area contributed by atoms with E-state index < -0.39 is 11.6 Å². The van der Waals surface area contributed by atoms with Crippen LogP contribution in [0.4, 0.5) is 0 Å². The molecule has 0 fully saturated rings. The van der Waals surface area contributed by atoms with Crippen molar-refractivity contribution in [3.8, 4) is 0 Å². The van der Waals surface area contributed by atoms with E-state index in [-0.39, 0.29) is 18.4 Å². The summed E-state index contributed by atoms with van der Waals surface area (Å²) in [6, 6.07) is 12.1. The molecule has 0 saturated carbocycles. The second-order valence-electron chi connectivity index (χ2n) is 8.21. The summed E-state index contributed by atoms with van der Waals surface area (Å²) in [5.41, 5.74) is 0.952. The van der Waals surface area contributed by atoms with Crippen LogP contribution in [0.15, 0.2) is 53.1 Å². The molecule has 3 rings (SSSR count). The van der Waals surface area contributed by atoms with Crippen LogP contribution in [0.5, 0.6) is 0 Å². The highest BCUT2D eigenvalue weighted by Gasteiger charge is 2.35. The zero-order valence-electron chi connectivity index (χ0n) is 17.9. The summed E-state index contributed by atoms with van der Waals surface area (Å²) in [6.45, 7) is 9.60. The summed E-state index contributed by atoms with van der Waals surface area (Å²) in [7, 11) is 0. The van der Waals surface area contributed by atoms with E-state index in [4.69, 9.17) is 4.42 Å². The first-order valence-electron chi connectivity index (χ1n) is 9.80. The number of benzene rings is 1. The minimum absolute atomic E-state index is 0.166. The van der Waals surface area contributed by atoms with Crippen LogP contribution in [0.3, 0.4) is 0 Å². The van der Waals surface area contributed by atoms with Crippen molar-refractivity contribution in [3.63, 3.8) is 0 Å². The summed E-state index contributed by atoms with van der Waals surface area (Å²) < 4.78 is 5.51. The number of carbonyl (C=O) groups excluding carboxylic acids is 2. The molecule has 6 nitrogen and oxygen atoms in total. The Kier molecular flexibility index (Phi) is 6.41. The summed E-state index contributed by atoms with van der Waals surface area (Å²) in [4.78, 5) is 33.6. The lowest BCUT2D eigenvalue weighted by atomic mass is 10.0. The monoisotopic (exact) mass is 425 g/mol. The molecule has 1 atom stereocenters. The molecule has 0 spiro atoms. The molecule has 0 radical (unpaired) electrons. The minimum atomic E-state index is -0.815. The Hall–Kier alpha value is -2.93. The van der Waals surface area contributed by atoms with E-state index in [0.29, 0.717) is 16.3 Å². The van der Waals surface area contributed by atoms with Gasteiger partial charge in [0.2, 0.25) is 5.91 Å². The lowest BCUT2D eigenvalue weighted by molar-refractivity contribution is -0.127. The number of hydrogen-bond donors (Lipinski definition) is 1. The first-order chi connectivity index (χ1) is 14.2. The molecular weight excluding hydrogens is 398 g/mol. The van der Waals surface area contributed by atoms with Gasteiger partial charge in [-0.05, 0) is 52.3 Å². The van der Waals surface area contributed by atoms with Crippen LogP contribution in [0.1, 0.15) is 58.5 Å². The number of furan rings is 1. The van der Waals surface area contributed by atoms with Crippen LogP contribution in [0.2, 0.25) is 0 Å². The van der Waals surface area contributed by atoms with Crippen molar-refractivity contribution < 1.29 is 14.0 Å². The maximum Gasteiger partial charge on any atom is 0.267 e. The fourth-order valence-electron chi connectivity index (χ4n) is 3.26. The third-order valence-corrected chi connectivity index (χ3v) is 5.50. The molecule has 2 heterocycles. The summed E-state index contributed by atoms with van der Waals surface area (Å²) >= 11 is 1.34. The minimum Gasteiger partial charge on any atom is -0.467 e. The molecule has 158 valence electrons. The Bertz CT molecular complexity index is 1000. The van der Waals surface area contributed by atoms with Crippen molar-refractivity contribution in [1.82, 2.24) is 15.2 Å². The van der Waals surface area contributed by atoms with Gasteiger partial charge in [-0.2, -0.15) is 0 Å². The van der Waals surface area contributed by atoms with Gasteiger partial charge < -0.3 is 14.6 Å². The van der Waals surface area contributed by atoms with E-state index in [1.807, 2.05) is 65.0 Å². The lowest BCUT2D eigenvalue weighted by Gasteiger charge is -2.33. The van der Waals surface area contributed by atoms with Crippen molar-refractivity contribution in [2.24, 2.45) is 0 Å². The van der Waals surface area contributed by atoms with Crippen LogP contribution in [0, 0.1) is 13.8 Å². The third kappa shape index (κ3) is 5.16. The molecule has 3 aromatic rings. The van der Waals surface area contributed by atoms with Gasteiger partial charge in [0.15, 0.2) is 0 Å². The van der Waals surface area contributed by atoms with Crippen LogP contribution in [-0.2, 0) is 11.3 Å². The van der Waals surface area contributed by atoms with Gasteiger partial charge in [-0.3, -0.25) is 9.59 Å². The quantitative estimate of drug-likeness (QED) is 0.624. The fraction of sp³-hybridized carbons (Fsp3) is 0.348.